The number of aromatic nitrogens is 2. The number of carbonyl (C=O) groups is 1. The summed E-state index contributed by atoms with van der Waals surface area (Å²) in [6.07, 6.45) is 5.09. The molecule has 0 aliphatic carbocycles. The SMILES string of the molecule is CCCn1ncc(CN2C[C@H]3CN(C4CCOCC4)C[C@@]3(C(=O)O)C2)c1C. The number of fused-ring (bicyclic) bond motifs is 1. The molecule has 0 amide bonds. The summed E-state index contributed by atoms with van der Waals surface area (Å²) in [6.45, 7) is 10.7. The lowest BCUT2D eigenvalue weighted by molar-refractivity contribution is -0.149. The Kier molecular flexibility index (Phi) is 5.27. The van der Waals surface area contributed by atoms with Crippen LogP contribution in [0.4, 0.5) is 0 Å². The van der Waals surface area contributed by atoms with Crippen LogP contribution in [0.15, 0.2) is 6.20 Å². The Labute approximate surface area is 161 Å². The van der Waals surface area contributed by atoms with Gasteiger partial charge < -0.3 is 9.84 Å². The monoisotopic (exact) mass is 376 g/mol. The smallest absolute Gasteiger partial charge is 0.312 e. The van der Waals surface area contributed by atoms with E-state index in [1.165, 1.54) is 11.3 Å². The maximum absolute atomic E-state index is 12.3. The Morgan fingerprint density at radius 1 is 1.33 bits per heavy atom. The van der Waals surface area contributed by atoms with Crippen molar-refractivity contribution in [2.75, 3.05) is 39.4 Å². The molecule has 3 fully saturated rings. The molecule has 7 nitrogen and oxygen atoms in total. The van der Waals surface area contributed by atoms with Crippen LogP contribution in [0.5, 0.6) is 0 Å². The van der Waals surface area contributed by atoms with Crippen molar-refractivity contribution in [3.63, 3.8) is 0 Å². The number of ether oxygens (including phenoxy) is 1. The number of hydrogen-bond acceptors (Lipinski definition) is 5. The molecule has 27 heavy (non-hydrogen) atoms. The summed E-state index contributed by atoms with van der Waals surface area (Å²) >= 11 is 0. The van der Waals surface area contributed by atoms with Crippen molar-refractivity contribution in [2.45, 2.75) is 52.2 Å². The van der Waals surface area contributed by atoms with Gasteiger partial charge in [0.15, 0.2) is 0 Å². The first-order valence-electron chi connectivity index (χ1n) is 10.3. The molecule has 4 heterocycles. The van der Waals surface area contributed by atoms with E-state index in [1.54, 1.807) is 0 Å². The molecule has 4 rings (SSSR count). The van der Waals surface area contributed by atoms with E-state index in [-0.39, 0.29) is 5.92 Å². The average Bonchev–Trinajstić information content (AvgIpc) is 3.29. The second-order valence-corrected chi connectivity index (χ2v) is 8.58. The fourth-order valence-electron chi connectivity index (χ4n) is 5.28. The van der Waals surface area contributed by atoms with Crippen LogP contribution >= 0.6 is 0 Å². The minimum absolute atomic E-state index is 0.212. The van der Waals surface area contributed by atoms with Crippen molar-refractivity contribution in [3.8, 4) is 0 Å². The summed E-state index contributed by atoms with van der Waals surface area (Å²) < 4.78 is 7.54. The van der Waals surface area contributed by atoms with E-state index in [1.807, 2.05) is 6.20 Å². The standard InChI is InChI=1S/C20H32N4O3/c1-3-6-24-15(2)16(9-21-24)10-22-11-17-12-23(18-4-7-27-8-5-18)14-20(17,13-22)19(25)26/h9,17-18H,3-8,10-14H2,1-2H3,(H,25,26)/t17-,20-/m0/s1. The maximum Gasteiger partial charge on any atom is 0.312 e. The molecule has 1 aromatic rings. The second-order valence-electron chi connectivity index (χ2n) is 8.58. The number of aryl methyl sites for hydroxylation is 1. The van der Waals surface area contributed by atoms with E-state index in [0.717, 1.165) is 58.7 Å². The number of carboxylic acids is 1. The van der Waals surface area contributed by atoms with Gasteiger partial charge in [0.1, 0.15) is 0 Å². The number of rotatable bonds is 6. The summed E-state index contributed by atoms with van der Waals surface area (Å²) in [4.78, 5) is 17.1. The minimum atomic E-state index is -0.622. The van der Waals surface area contributed by atoms with Crippen LogP contribution in [0.3, 0.4) is 0 Å². The summed E-state index contributed by atoms with van der Waals surface area (Å²) in [5.74, 6) is -0.410. The third kappa shape index (κ3) is 3.41. The molecule has 0 aromatic carbocycles. The van der Waals surface area contributed by atoms with E-state index in [0.29, 0.717) is 19.1 Å². The zero-order valence-corrected chi connectivity index (χ0v) is 16.6. The molecule has 0 unspecified atom stereocenters. The number of aliphatic carboxylic acids is 1. The topological polar surface area (TPSA) is 70.8 Å². The van der Waals surface area contributed by atoms with Gasteiger partial charge in [0, 0.05) is 75.7 Å². The lowest BCUT2D eigenvalue weighted by atomic mass is 9.81. The predicted octanol–water partition coefficient (Wildman–Crippen LogP) is 1.60. The van der Waals surface area contributed by atoms with Gasteiger partial charge in [0.05, 0.1) is 11.6 Å². The highest BCUT2D eigenvalue weighted by Gasteiger charge is 2.58. The highest BCUT2D eigenvalue weighted by Crippen LogP contribution is 2.44. The van der Waals surface area contributed by atoms with E-state index in [4.69, 9.17) is 4.74 Å². The number of likely N-dealkylation sites (tertiary alicyclic amines) is 2. The molecule has 3 saturated heterocycles. The largest absolute Gasteiger partial charge is 0.481 e. The van der Waals surface area contributed by atoms with Gasteiger partial charge in [-0.25, -0.2) is 0 Å². The first kappa shape index (κ1) is 18.9. The van der Waals surface area contributed by atoms with E-state index >= 15 is 0 Å². The van der Waals surface area contributed by atoms with Crippen molar-refractivity contribution in [3.05, 3.63) is 17.5 Å². The van der Waals surface area contributed by atoms with Crippen molar-refractivity contribution in [1.29, 1.82) is 0 Å². The number of hydrogen-bond donors (Lipinski definition) is 1. The molecule has 2 atom stereocenters. The summed E-state index contributed by atoms with van der Waals surface area (Å²) in [5.41, 5.74) is 1.82. The third-order valence-corrected chi connectivity index (χ3v) is 6.87. The highest BCUT2D eigenvalue weighted by atomic mass is 16.5. The molecular formula is C20H32N4O3. The molecule has 0 spiro atoms. The fourth-order valence-corrected chi connectivity index (χ4v) is 5.28. The normalized spacial score (nSPS) is 30.1. The Hall–Kier alpha value is -1.44. The Bertz CT molecular complexity index is 685. The van der Waals surface area contributed by atoms with Gasteiger partial charge in [-0.1, -0.05) is 6.92 Å². The van der Waals surface area contributed by atoms with Crippen LogP contribution in [-0.4, -0.2) is 76.1 Å². The molecule has 0 radical (unpaired) electrons. The third-order valence-electron chi connectivity index (χ3n) is 6.87. The van der Waals surface area contributed by atoms with E-state index in [2.05, 4.69) is 33.4 Å². The molecule has 3 aliphatic rings. The maximum atomic E-state index is 12.3. The zero-order valence-electron chi connectivity index (χ0n) is 16.6. The van der Waals surface area contributed by atoms with Crippen molar-refractivity contribution in [2.24, 2.45) is 11.3 Å². The summed E-state index contributed by atoms with van der Waals surface area (Å²) in [6, 6.07) is 0.489. The fraction of sp³-hybridized carbons (Fsp3) is 0.800. The van der Waals surface area contributed by atoms with Crippen molar-refractivity contribution in [1.82, 2.24) is 19.6 Å². The molecule has 7 heteroatoms. The Morgan fingerprint density at radius 3 is 2.78 bits per heavy atom. The van der Waals surface area contributed by atoms with Crippen LogP contribution in [-0.2, 0) is 22.6 Å². The summed E-state index contributed by atoms with van der Waals surface area (Å²) in [5, 5.41) is 14.6. The predicted molar refractivity (Wildman–Crippen MR) is 102 cm³/mol. The number of carboxylic acid groups (broad SMARTS) is 1. The van der Waals surface area contributed by atoms with Crippen LogP contribution < -0.4 is 0 Å². The van der Waals surface area contributed by atoms with Gasteiger partial charge >= 0.3 is 5.97 Å². The van der Waals surface area contributed by atoms with Gasteiger partial charge in [-0.3, -0.25) is 19.3 Å². The molecular weight excluding hydrogens is 344 g/mol. The van der Waals surface area contributed by atoms with E-state index < -0.39 is 11.4 Å². The lowest BCUT2D eigenvalue weighted by Crippen LogP contribution is -2.44. The molecule has 1 aromatic heterocycles. The van der Waals surface area contributed by atoms with Gasteiger partial charge in [0.25, 0.3) is 0 Å². The quantitative estimate of drug-likeness (QED) is 0.813. The van der Waals surface area contributed by atoms with E-state index in [9.17, 15) is 9.90 Å². The Balaban J connectivity index is 1.44. The van der Waals surface area contributed by atoms with Gasteiger partial charge in [-0.15, -0.1) is 0 Å². The van der Waals surface area contributed by atoms with Crippen LogP contribution in [0, 0.1) is 18.3 Å². The van der Waals surface area contributed by atoms with Gasteiger partial charge in [-0.05, 0) is 26.2 Å². The van der Waals surface area contributed by atoms with Crippen molar-refractivity contribution < 1.29 is 14.6 Å². The first-order valence-corrected chi connectivity index (χ1v) is 10.3. The lowest BCUT2D eigenvalue weighted by Gasteiger charge is -2.33. The molecule has 150 valence electrons. The molecule has 0 saturated carbocycles. The zero-order chi connectivity index (χ0) is 19.0. The van der Waals surface area contributed by atoms with Crippen molar-refractivity contribution >= 4 is 5.97 Å². The second kappa shape index (κ2) is 7.53. The minimum Gasteiger partial charge on any atom is -0.481 e. The van der Waals surface area contributed by atoms with Crippen LogP contribution in [0.25, 0.3) is 0 Å². The first-order chi connectivity index (χ1) is 13.0. The number of nitrogens with zero attached hydrogens (tertiary/aromatic N) is 4. The Morgan fingerprint density at radius 2 is 2.11 bits per heavy atom. The van der Waals surface area contributed by atoms with Crippen LogP contribution in [0.2, 0.25) is 0 Å². The van der Waals surface area contributed by atoms with Crippen LogP contribution in [0.1, 0.15) is 37.4 Å². The van der Waals surface area contributed by atoms with Gasteiger partial charge in [-0.2, -0.15) is 5.10 Å². The highest BCUT2D eigenvalue weighted by molar-refractivity contribution is 5.77. The average molecular weight is 377 g/mol. The molecule has 1 N–H and O–H groups in total. The summed E-state index contributed by atoms with van der Waals surface area (Å²) in [7, 11) is 0. The van der Waals surface area contributed by atoms with Gasteiger partial charge in [0.2, 0.25) is 0 Å². The molecule has 3 aliphatic heterocycles. The molecule has 0 bridgehead atoms.